The topological polar surface area (TPSA) is 180 Å². The summed E-state index contributed by atoms with van der Waals surface area (Å²) in [6.07, 6.45) is 2.56. The van der Waals surface area contributed by atoms with Crippen LogP contribution in [0.2, 0.25) is 0 Å². The first-order valence-electron chi connectivity index (χ1n) is 7.35. The third kappa shape index (κ3) is 8.77. The Morgan fingerprint density at radius 1 is 0.655 bits per heavy atom. The molecule has 0 atom stereocenters. The van der Waals surface area contributed by atoms with Crippen molar-refractivity contribution >= 4 is 26.0 Å². The van der Waals surface area contributed by atoms with Gasteiger partial charge in [-0.05, 0) is 12.1 Å². The molecule has 0 amide bonds. The third-order valence-corrected chi connectivity index (χ3v) is 3.03. The number of nitrogens with zero attached hydrogens (tertiary/aromatic N) is 2. The van der Waals surface area contributed by atoms with Crippen LogP contribution in [-0.2, 0) is 26.4 Å². The predicted octanol–water partition coefficient (Wildman–Crippen LogP) is 0.907. The minimum atomic E-state index is -0.450. The van der Waals surface area contributed by atoms with E-state index in [1.165, 1.54) is 24.6 Å². The van der Waals surface area contributed by atoms with Gasteiger partial charge in [0.05, 0.1) is 13.1 Å². The van der Waals surface area contributed by atoms with Crippen molar-refractivity contribution in [3.8, 4) is 34.5 Å². The van der Waals surface area contributed by atoms with Crippen LogP contribution in [0.15, 0.2) is 34.3 Å². The van der Waals surface area contributed by atoms with Gasteiger partial charge >= 0.3 is 16.8 Å². The number of aliphatic imine (C=N–C) groups is 2. The van der Waals surface area contributed by atoms with Gasteiger partial charge in [-0.1, -0.05) is 0 Å². The molecule has 0 bridgehead atoms. The van der Waals surface area contributed by atoms with Gasteiger partial charge in [0.1, 0.15) is 11.5 Å². The van der Waals surface area contributed by atoms with Gasteiger partial charge in [0.25, 0.3) is 0 Å². The van der Waals surface area contributed by atoms with Crippen molar-refractivity contribution in [2.75, 3.05) is 13.1 Å². The molecule has 6 N–H and O–H groups in total. The van der Waals surface area contributed by atoms with E-state index in [2.05, 4.69) is 23.6 Å². The van der Waals surface area contributed by atoms with Crippen molar-refractivity contribution in [3.63, 3.8) is 0 Å². The largest absolute Gasteiger partial charge is 2.00 e. The zero-order chi connectivity index (χ0) is 21.7. The maximum atomic E-state index is 9.60. The molecule has 2 rings (SSSR count). The summed E-state index contributed by atoms with van der Waals surface area (Å²) >= 11 is 0. The second kappa shape index (κ2) is 14.5. The summed E-state index contributed by atoms with van der Waals surface area (Å²) in [5, 5.41) is 56.6. The molecule has 0 spiro atoms. The second-order valence-corrected chi connectivity index (χ2v) is 4.88. The van der Waals surface area contributed by atoms with Gasteiger partial charge in [-0.25, -0.2) is 0 Å². The van der Waals surface area contributed by atoms with Crippen LogP contribution in [0.5, 0.6) is 34.5 Å². The van der Waals surface area contributed by atoms with Crippen LogP contribution in [0.25, 0.3) is 0 Å². The monoisotopic (exact) mass is 449 g/mol. The minimum absolute atomic E-state index is 0. The third-order valence-electron chi connectivity index (χ3n) is 3.03. The summed E-state index contributed by atoms with van der Waals surface area (Å²) < 4.78 is 0. The van der Waals surface area contributed by atoms with Gasteiger partial charge < -0.3 is 40.2 Å². The Morgan fingerprint density at radius 3 is 1.28 bits per heavy atom. The molecule has 11 heteroatoms. The molecule has 29 heavy (non-hydrogen) atoms. The van der Waals surface area contributed by atoms with Crippen LogP contribution in [0.1, 0.15) is 11.1 Å². The first kappa shape index (κ1) is 27.6. The Morgan fingerprint density at radius 2 is 0.966 bits per heavy atom. The maximum absolute atomic E-state index is 9.60. The van der Waals surface area contributed by atoms with E-state index in [1.807, 2.05) is 0 Å². The average molecular weight is 449 g/mol. The first-order chi connectivity index (χ1) is 13.4. The van der Waals surface area contributed by atoms with E-state index in [4.69, 9.17) is 9.59 Å². The Balaban J connectivity index is 0. The van der Waals surface area contributed by atoms with Crippen LogP contribution in [0.3, 0.4) is 0 Å². The molecule has 0 heterocycles. The molecular formula is C18H18CoN2O8. The molecular weight excluding hydrogens is 431 g/mol. The van der Waals surface area contributed by atoms with Crippen molar-refractivity contribution in [1.82, 2.24) is 0 Å². The molecule has 0 aliphatic rings. The van der Waals surface area contributed by atoms with E-state index in [0.717, 1.165) is 12.1 Å². The Kier molecular flexibility index (Phi) is 13.8. The smallest absolute Gasteiger partial charge is 0.545 e. The summed E-state index contributed by atoms with van der Waals surface area (Å²) in [6, 6.07) is 4.51. The van der Waals surface area contributed by atoms with Crippen molar-refractivity contribution in [2.24, 2.45) is 9.98 Å². The zero-order valence-corrected chi connectivity index (χ0v) is 15.8. The summed E-state index contributed by atoms with van der Waals surface area (Å²) in [5.74, 6) is -2.09. The maximum Gasteiger partial charge on any atom is 2.00 e. The van der Waals surface area contributed by atoms with E-state index in [9.17, 15) is 30.6 Å². The summed E-state index contributed by atoms with van der Waals surface area (Å²) in [5.41, 5.74) is 0.319. The first-order valence-corrected chi connectivity index (χ1v) is 7.35. The van der Waals surface area contributed by atoms with E-state index in [1.54, 1.807) is 0 Å². The van der Waals surface area contributed by atoms with E-state index >= 15 is 0 Å². The number of phenolic OH excluding ortho intramolecular Hbond substituents is 6. The number of aromatic hydroxyl groups is 6. The molecule has 2 aromatic rings. The summed E-state index contributed by atoms with van der Waals surface area (Å²) in [6.45, 7) is 6.97. The predicted molar refractivity (Wildman–Crippen MR) is 101 cm³/mol. The molecule has 0 saturated carbocycles. The van der Waals surface area contributed by atoms with Crippen molar-refractivity contribution in [3.05, 3.63) is 35.4 Å². The quantitative estimate of drug-likeness (QED) is 0.0973. The van der Waals surface area contributed by atoms with E-state index < -0.39 is 11.5 Å². The fourth-order valence-electron chi connectivity index (χ4n) is 1.89. The van der Waals surface area contributed by atoms with Gasteiger partial charge in [0.15, 0.2) is 23.0 Å². The van der Waals surface area contributed by atoms with Gasteiger partial charge in [-0.3, -0.25) is 23.6 Å². The molecule has 1 radical (unpaired) electrons. The number of carbonyl (C=O) groups excluding carboxylic acids is 2. The van der Waals surface area contributed by atoms with Crippen LogP contribution in [-0.4, -0.2) is 69.7 Å². The van der Waals surface area contributed by atoms with Gasteiger partial charge in [-0.15, -0.1) is 0 Å². The average Bonchev–Trinajstić information content (AvgIpc) is 2.68. The van der Waals surface area contributed by atoms with Crippen molar-refractivity contribution < 1.29 is 57.0 Å². The molecule has 0 unspecified atom stereocenters. The Bertz CT molecular complexity index is 774. The van der Waals surface area contributed by atoms with Crippen LogP contribution < -0.4 is 0 Å². The molecule has 10 nitrogen and oxygen atoms in total. The molecule has 0 aliphatic carbocycles. The standard InChI is InChI=1S/C16H16N2O6.2CHO.Co/c19-11-3-9(15(23)13(21)5-11)7-17-1-2-18-8-10-4-12(20)6-14(22)16(10)24;2*1-2;/h3-8,19-24H,1-2H2;2*1H;/q;2*-1;+2. The summed E-state index contributed by atoms with van der Waals surface area (Å²) in [4.78, 5) is 23.5. The van der Waals surface area contributed by atoms with E-state index in [0.29, 0.717) is 0 Å². The van der Waals surface area contributed by atoms with E-state index in [-0.39, 0.29) is 64.0 Å². The molecule has 0 aliphatic heterocycles. The minimum Gasteiger partial charge on any atom is -0.545 e. The van der Waals surface area contributed by atoms with Crippen molar-refractivity contribution in [2.45, 2.75) is 0 Å². The zero-order valence-electron chi connectivity index (χ0n) is 14.8. The fourth-order valence-corrected chi connectivity index (χ4v) is 1.89. The molecule has 0 aromatic heterocycles. The second-order valence-electron chi connectivity index (χ2n) is 4.88. The number of hydrogen-bond donors (Lipinski definition) is 6. The number of phenols is 6. The number of rotatable bonds is 5. The molecule has 0 fully saturated rings. The molecule has 157 valence electrons. The molecule has 2 aromatic carbocycles. The Labute approximate surface area is 176 Å². The van der Waals surface area contributed by atoms with Crippen LogP contribution in [0.4, 0.5) is 0 Å². The van der Waals surface area contributed by atoms with Gasteiger partial charge in [0, 0.05) is 35.7 Å². The SMILES string of the molecule is Oc1cc(O)c(O)c(C=NCCN=Cc2cc(O)cc(O)c2O)c1.[CH-]=O.[CH-]=O.[Co+2]. The van der Waals surface area contributed by atoms with Gasteiger partial charge in [0.2, 0.25) is 0 Å². The van der Waals surface area contributed by atoms with Crippen LogP contribution in [0, 0.1) is 0 Å². The Hall–Kier alpha value is -3.57. The number of benzene rings is 2. The van der Waals surface area contributed by atoms with Gasteiger partial charge in [-0.2, -0.15) is 0 Å². The fraction of sp³-hybridized carbons (Fsp3) is 0.111. The normalized spacial score (nSPS) is 9.79. The molecule has 0 saturated heterocycles. The summed E-state index contributed by atoms with van der Waals surface area (Å²) in [7, 11) is 0. The number of hydrogen-bond acceptors (Lipinski definition) is 10. The van der Waals surface area contributed by atoms with Crippen molar-refractivity contribution in [1.29, 1.82) is 0 Å². The van der Waals surface area contributed by atoms with Crippen LogP contribution >= 0.6 is 0 Å².